The first kappa shape index (κ1) is 9.43. The molecule has 74 valence electrons. The van der Waals surface area contributed by atoms with Gasteiger partial charge in [-0.15, -0.1) is 0 Å². The molecule has 0 aliphatic heterocycles. The summed E-state index contributed by atoms with van der Waals surface area (Å²) in [5.74, 6) is 0. The molecule has 0 radical (unpaired) electrons. The van der Waals surface area contributed by atoms with Gasteiger partial charge in [0.05, 0.1) is 10.5 Å². The van der Waals surface area contributed by atoms with E-state index >= 15 is 0 Å². The Bertz CT molecular complexity index is 401. The molecule has 0 bridgehead atoms. The fourth-order valence-electron chi connectivity index (χ4n) is 1.35. The van der Waals surface area contributed by atoms with Crippen molar-refractivity contribution >= 4 is 17.3 Å². The normalized spacial score (nSPS) is 17.9. The summed E-state index contributed by atoms with van der Waals surface area (Å²) < 4.78 is 0. The van der Waals surface area contributed by atoms with Crippen LogP contribution in [-0.2, 0) is 5.60 Å². The van der Waals surface area contributed by atoms with E-state index in [1.54, 1.807) is 6.07 Å². The predicted octanol–water partition coefficient (Wildman–Crippen LogP) is 2.23. The Morgan fingerprint density at radius 3 is 2.57 bits per heavy atom. The zero-order valence-corrected chi connectivity index (χ0v) is 7.99. The van der Waals surface area contributed by atoms with Crippen LogP contribution in [-0.4, -0.2) is 10.0 Å². The Hall–Kier alpha value is -1.13. The van der Waals surface area contributed by atoms with Gasteiger partial charge in [-0.2, -0.15) is 0 Å². The Kier molecular flexibility index (Phi) is 1.97. The van der Waals surface area contributed by atoms with Crippen LogP contribution in [0.25, 0.3) is 0 Å². The van der Waals surface area contributed by atoms with E-state index in [1.165, 1.54) is 12.1 Å². The fourth-order valence-corrected chi connectivity index (χ4v) is 1.60. The Balaban J connectivity index is 2.40. The minimum absolute atomic E-state index is 0.0767. The maximum atomic E-state index is 10.5. The van der Waals surface area contributed by atoms with Crippen molar-refractivity contribution in [3.8, 4) is 0 Å². The summed E-state index contributed by atoms with van der Waals surface area (Å²) in [4.78, 5) is 9.92. The highest BCUT2D eigenvalue weighted by atomic mass is 35.5. The molecule has 0 aromatic heterocycles. The molecule has 0 unspecified atom stereocenters. The van der Waals surface area contributed by atoms with Crippen LogP contribution in [0, 0.1) is 10.1 Å². The van der Waals surface area contributed by atoms with Gasteiger partial charge in [-0.3, -0.25) is 10.1 Å². The van der Waals surface area contributed by atoms with E-state index in [1.807, 2.05) is 0 Å². The van der Waals surface area contributed by atoms with Crippen molar-refractivity contribution in [1.29, 1.82) is 0 Å². The molecule has 1 fully saturated rings. The van der Waals surface area contributed by atoms with E-state index in [0.29, 0.717) is 18.4 Å². The molecule has 1 aliphatic carbocycles. The molecular formula is C9H8ClNO3. The molecule has 1 saturated carbocycles. The number of hydrogen-bond donors (Lipinski definition) is 1. The summed E-state index contributed by atoms with van der Waals surface area (Å²) in [6.45, 7) is 0. The molecule has 1 aromatic carbocycles. The van der Waals surface area contributed by atoms with Crippen LogP contribution >= 0.6 is 11.6 Å². The monoisotopic (exact) mass is 213 g/mol. The molecule has 0 saturated heterocycles. The van der Waals surface area contributed by atoms with Gasteiger partial charge in [-0.05, 0) is 30.5 Å². The highest BCUT2D eigenvalue weighted by Gasteiger charge is 2.42. The second kappa shape index (κ2) is 2.93. The Morgan fingerprint density at radius 1 is 1.50 bits per heavy atom. The van der Waals surface area contributed by atoms with E-state index < -0.39 is 10.5 Å². The van der Waals surface area contributed by atoms with E-state index in [4.69, 9.17) is 11.6 Å². The minimum atomic E-state index is -0.793. The van der Waals surface area contributed by atoms with Crippen LogP contribution in [0.5, 0.6) is 0 Å². The lowest BCUT2D eigenvalue weighted by atomic mass is 10.1. The highest BCUT2D eigenvalue weighted by Crippen LogP contribution is 2.46. The van der Waals surface area contributed by atoms with Crippen LogP contribution in [0.15, 0.2) is 18.2 Å². The SMILES string of the molecule is O=[N+]([O-])c1ccc(C2(O)CC2)cc1Cl. The van der Waals surface area contributed by atoms with Gasteiger partial charge in [0, 0.05) is 6.07 Å². The lowest BCUT2D eigenvalue weighted by Crippen LogP contribution is -2.04. The van der Waals surface area contributed by atoms with E-state index in [2.05, 4.69) is 0 Å². The number of nitro groups is 1. The van der Waals surface area contributed by atoms with Gasteiger partial charge < -0.3 is 5.11 Å². The van der Waals surface area contributed by atoms with Crippen molar-refractivity contribution in [3.63, 3.8) is 0 Å². The van der Waals surface area contributed by atoms with E-state index in [0.717, 1.165) is 0 Å². The number of halogens is 1. The molecule has 4 nitrogen and oxygen atoms in total. The third-order valence-electron chi connectivity index (χ3n) is 2.41. The summed E-state index contributed by atoms with van der Waals surface area (Å²) in [6, 6.07) is 4.34. The summed E-state index contributed by atoms with van der Waals surface area (Å²) in [6.07, 6.45) is 1.39. The first-order valence-corrected chi connectivity index (χ1v) is 4.57. The maximum Gasteiger partial charge on any atom is 0.287 e. The second-order valence-electron chi connectivity index (χ2n) is 3.45. The zero-order valence-electron chi connectivity index (χ0n) is 7.24. The standard InChI is InChI=1S/C9H8ClNO3/c10-7-5-6(9(12)3-4-9)1-2-8(7)11(13)14/h1-2,5,12H,3-4H2. The minimum Gasteiger partial charge on any atom is -0.385 e. The van der Waals surface area contributed by atoms with Gasteiger partial charge in [-0.1, -0.05) is 11.6 Å². The van der Waals surface area contributed by atoms with Gasteiger partial charge in [0.25, 0.3) is 5.69 Å². The number of nitro benzene ring substituents is 1. The van der Waals surface area contributed by atoms with Crippen LogP contribution < -0.4 is 0 Å². The summed E-state index contributed by atoms with van der Waals surface area (Å²) in [7, 11) is 0. The lowest BCUT2D eigenvalue weighted by molar-refractivity contribution is -0.384. The average molecular weight is 214 g/mol. The molecule has 1 aromatic rings. The van der Waals surface area contributed by atoms with Crippen LogP contribution in [0.2, 0.25) is 5.02 Å². The summed E-state index contributed by atoms with van der Waals surface area (Å²) >= 11 is 5.71. The number of hydrogen-bond acceptors (Lipinski definition) is 3. The summed E-state index contributed by atoms with van der Waals surface area (Å²) in [5, 5.41) is 20.3. The smallest absolute Gasteiger partial charge is 0.287 e. The van der Waals surface area contributed by atoms with Gasteiger partial charge in [0.2, 0.25) is 0 Å². The van der Waals surface area contributed by atoms with Crippen LogP contribution in [0.3, 0.4) is 0 Å². The quantitative estimate of drug-likeness (QED) is 0.605. The van der Waals surface area contributed by atoms with E-state index in [9.17, 15) is 15.2 Å². The van der Waals surface area contributed by atoms with Crippen LogP contribution in [0.1, 0.15) is 18.4 Å². The van der Waals surface area contributed by atoms with Crippen molar-refractivity contribution in [2.45, 2.75) is 18.4 Å². The Morgan fingerprint density at radius 2 is 2.14 bits per heavy atom. The zero-order chi connectivity index (χ0) is 10.3. The van der Waals surface area contributed by atoms with Gasteiger partial charge in [0.1, 0.15) is 5.02 Å². The molecule has 0 atom stereocenters. The Labute approximate surface area is 85.3 Å². The molecular weight excluding hydrogens is 206 g/mol. The second-order valence-corrected chi connectivity index (χ2v) is 3.86. The predicted molar refractivity (Wildman–Crippen MR) is 51.2 cm³/mol. The third-order valence-corrected chi connectivity index (χ3v) is 2.71. The molecule has 5 heteroatoms. The molecule has 1 N–H and O–H groups in total. The van der Waals surface area contributed by atoms with Crippen molar-refractivity contribution in [2.24, 2.45) is 0 Å². The van der Waals surface area contributed by atoms with Gasteiger partial charge in [0.15, 0.2) is 0 Å². The van der Waals surface area contributed by atoms with Gasteiger partial charge in [-0.25, -0.2) is 0 Å². The third kappa shape index (κ3) is 1.47. The largest absolute Gasteiger partial charge is 0.385 e. The van der Waals surface area contributed by atoms with Crippen molar-refractivity contribution < 1.29 is 10.0 Å². The maximum absolute atomic E-state index is 10.5. The van der Waals surface area contributed by atoms with E-state index in [-0.39, 0.29) is 10.7 Å². The number of nitrogens with zero attached hydrogens (tertiary/aromatic N) is 1. The topological polar surface area (TPSA) is 63.4 Å². The average Bonchev–Trinajstić information content (AvgIpc) is 2.84. The van der Waals surface area contributed by atoms with Crippen LogP contribution in [0.4, 0.5) is 5.69 Å². The molecule has 0 spiro atoms. The molecule has 14 heavy (non-hydrogen) atoms. The molecule has 0 heterocycles. The fraction of sp³-hybridized carbons (Fsp3) is 0.333. The molecule has 0 amide bonds. The van der Waals surface area contributed by atoms with Crippen molar-refractivity contribution in [1.82, 2.24) is 0 Å². The van der Waals surface area contributed by atoms with Gasteiger partial charge >= 0.3 is 0 Å². The first-order chi connectivity index (χ1) is 6.53. The molecule has 2 rings (SSSR count). The number of rotatable bonds is 2. The van der Waals surface area contributed by atoms with Crippen molar-refractivity contribution in [3.05, 3.63) is 38.9 Å². The lowest BCUT2D eigenvalue weighted by Gasteiger charge is -2.07. The number of benzene rings is 1. The highest BCUT2D eigenvalue weighted by molar-refractivity contribution is 6.32. The summed E-state index contributed by atoms with van der Waals surface area (Å²) in [5.41, 5.74) is -0.258. The molecule has 1 aliphatic rings. The van der Waals surface area contributed by atoms with Crippen molar-refractivity contribution in [2.75, 3.05) is 0 Å². The number of aliphatic hydroxyl groups is 1. The first-order valence-electron chi connectivity index (χ1n) is 4.20.